The molecule has 0 saturated carbocycles. The molecule has 2 aromatic rings. The largest absolute Gasteiger partial charge is 0.473 e. The lowest BCUT2D eigenvalue weighted by atomic mass is 10.0. The van der Waals surface area contributed by atoms with Gasteiger partial charge in [-0.05, 0) is 72.3 Å². The third-order valence-electron chi connectivity index (χ3n) is 5.20. The number of carbonyl (C=O) groups is 1. The van der Waals surface area contributed by atoms with Crippen LogP contribution in [0.4, 0.5) is 4.79 Å². The maximum Gasteiger partial charge on any atom is 0.413 e. The van der Waals surface area contributed by atoms with Crippen molar-refractivity contribution in [1.82, 2.24) is 25.9 Å². The lowest BCUT2D eigenvalue weighted by Crippen LogP contribution is -2.41. The standard InChI is InChI=1S/C26H41N5O4S/c1-9-31(10-2)35-26(7,8)16-33-23-21(11-12-27-24(36)28-25(32)34-17(3)4)22(29-30-23)20-14-18(5)13-19(6)15-20/h13-15,17H,9-12,16H2,1-8H3,(H,29,30)(H2,27,28,32,36). The van der Waals surface area contributed by atoms with Crippen LogP contribution in [0.15, 0.2) is 18.2 Å². The highest BCUT2D eigenvalue weighted by Crippen LogP contribution is 2.30. The molecule has 0 bridgehead atoms. The van der Waals surface area contributed by atoms with Crippen LogP contribution in [0.3, 0.4) is 0 Å². The molecule has 0 fully saturated rings. The van der Waals surface area contributed by atoms with Crippen molar-refractivity contribution in [2.45, 2.75) is 73.5 Å². The van der Waals surface area contributed by atoms with E-state index in [1.807, 2.05) is 18.9 Å². The van der Waals surface area contributed by atoms with Crippen LogP contribution < -0.4 is 15.4 Å². The van der Waals surface area contributed by atoms with E-state index < -0.39 is 11.7 Å². The summed E-state index contributed by atoms with van der Waals surface area (Å²) >= 11 is 5.24. The SMILES string of the molecule is CCN(CC)OC(C)(C)COc1n[nH]c(-c2cc(C)cc(C)c2)c1CCNC(=S)NC(=O)OC(C)C. The molecular weight excluding hydrogens is 478 g/mol. The molecule has 9 nitrogen and oxygen atoms in total. The molecule has 0 aliphatic rings. The first-order valence-corrected chi connectivity index (χ1v) is 12.8. The van der Waals surface area contributed by atoms with Gasteiger partial charge in [0.25, 0.3) is 0 Å². The van der Waals surface area contributed by atoms with Gasteiger partial charge in [-0.1, -0.05) is 31.0 Å². The highest BCUT2D eigenvalue weighted by atomic mass is 32.1. The Morgan fingerprint density at radius 1 is 1.17 bits per heavy atom. The van der Waals surface area contributed by atoms with Gasteiger partial charge < -0.3 is 14.8 Å². The molecule has 1 amide bonds. The average Bonchev–Trinajstić information content (AvgIpc) is 3.17. The molecule has 0 unspecified atom stereocenters. The zero-order valence-electron chi connectivity index (χ0n) is 22.8. The minimum Gasteiger partial charge on any atom is -0.473 e. The van der Waals surface area contributed by atoms with Gasteiger partial charge in [0.2, 0.25) is 5.88 Å². The van der Waals surface area contributed by atoms with Crippen LogP contribution in [0.1, 0.15) is 58.2 Å². The first-order valence-electron chi connectivity index (χ1n) is 12.4. The Bertz CT molecular complexity index is 998. The summed E-state index contributed by atoms with van der Waals surface area (Å²) in [6.45, 7) is 18.1. The Hall–Kier alpha value is -2.69. The molecule has 0 aliphatic carbocycles. The van der Waals surface area contributed by atoms with Gasteiger partial charge in [0.05, 0.1) is 11.8 Å². The number of hydrogen-bond acceptors (Lipinski definition) is 7. The van der Waals surface area contributed by atoms with Crippen LogP contribution >= 0.6 is 12.2 Å². The first-order chi connectivity index (χ1) is 16.9. The molecule has 3 N–H and O–H groups in total. The minimum atomic E-state index is -0.582. The van der Waals surface area contributed by atoms with Gasteiger partial charge in [-0.25, -0.2) is 4.79 Å². The zero-order valence-corrected chi connectivity index (χ0v) is 23.6. The molecule has 10 heteroatoms. The number of nitrogens with zero attached hydrogens (tertiary/aromatic N) is 2. The Morgan fingerprint density at radius 3 is 2.39 bits per heavy atom. The number of nitrogens with one attached hydrogen (secondary N) is 3. The molecule has 0 saturated heterocycles. The van der Waals surface area contributed by atoms with E-state index in [1.165, 1.54) is 0 Å². The number of hydrogen-bond donors (Lipinski definition) is 3. The van der Waals surface area contributed by atoms with Crippen LogP contribution in [0.5, 0.6) is 5.88 Å². The third-order valence-corrected chi connectivity index (χ3v) is 5.44. The first kappa shape index (κ1) is 29.5. The van der Waals surface area contributed by atoms with Gasteiger partial charge in [0.15, 0.2) is 5.11 Å². The van der Waals surface area contributed by atoms with Crippen LogP contribution in [-0.4, -0.2) is 64.4 Å². The number of aryl methyl sites for hydroxylation is 2. The van der Waals surface area contributed by atoms with Crippen molar-refractivity contribution in [3.63, 3.8) is 0 Å². The molecule has 0 radical (unpaired) electrons. The van der Waals surface area contributed by atoms with Crippen LogP contribution in [0, 0.1) is 13.8 Å². The van der Waals surface area contributed by atoms with Gasteiger partial charge in [-0.2, -0.15) is 5.06 Å². The van der Waals surface area contributed by atoms with Gasteiger partial charge in [-0.15, -0.1) is 5.10 Å². The number of hydroxylamine groups is 2. The van der Waals surface area contributed by atoms with Gasteiger partial charge in [0.1, 0.15) is 12.2 Å². The fraction of sp³-hybridized carbons (Fsp3) is 0.577. The van der Waals surface area contributed by atoms with E-state index in [0.717, 1.165) is 41.0 Å². The number of alkyl carbamates (subject to hydrolysis) is 1. The maximum atomic E-state index is 11.8. The van der Waals surface area contributed by atoms with E-state index in [-0.39, 0.29) is 11.2 Å². The number of amides is 1. The molecule has 0 spiro atoms. The van der Waals surface area contributed by atoms with Crippen molar-refractivity contribution in [3.8, 4) is 17.1 Å². The summed E-state index contributed by atoms with van der Waals surface area (Å²) in [6.07, 6.45) is -0.248. The molecule has 0 atom stereocenters. The third kappa shape index (κ3) is 9.40. The van der Waals surface area contributed by atoms with Crippen molar-refractivity contribution >= 4 is 23.4 Å². The second-order valence-electron chi connectivity index (χ2n) is 9.60. The zero-order chi connectivity index (χ0) is 26.9. The van der Waals surface area contributed by atoms with E-state index in [1.54, 1.807) is 13.8 Å². The number of aromatic nitrogens is 2. The van der Waals surface area contributed by atoms with E-state index in [9.17, 15) is 4.79 Å². The lowest BCUT2D eigenvalue weighted by molar-refractivity contribution is -0.238. The van der Waals surface area contributed by atoms with Crippen LogP contribution in [-0.2, 0) is 16.0 Å². The lowest BCUT2D eigenvalue weighted by Gasteiger charge is -2.31. The van der Waals surface area contributed by atoms with Crippen LogP contribution in [0.25, 0.3) is 11.3 Å². The number of benzene rings is 1. The fourth-order valence-electron chi connectivity index (χ4n) is 3.71. The van der Waals surface area contributed by atoms with Crippen molar-refractivity contribution in [1.29, 1.82) is 0 Å². The maximum absolute atomic E-state index is 11.8. The Labute approximate surface area is 220 Å². The summed E-state index contributed by atoms with van der Waals surface area (Å²) in [7, 11) is 0. The molecule has 1 aromatic heterocycles. The number of ether oxygens (including phenoxy) is 2. The smallest absolute Gasteiger partial charge is 0.413 e. The number of rotatable bonds is 12. The Kier molecular flexibility index (Phi) is 11.1. The molecule has 2 rings (SSSR count). The van der Waals surface area contributed by atoms with Gasteiger partial charge >= 0.3 is 6.09 Å². The predicted molar refractivity (Wildman–Crippen MR) is 146 cm³/mol. The van der Waals surface area contributed by atoms with Crippen molar-refractivity contribution in [3.05, 3.63) is 34.9 Å². The normalized spacial score (nSPS) is 11.6. The second kappa shape index (κ2) is 13.6. The van der Waals surface area contributed by atoms with E-state index in [2.05, 4.69) is 66.7 Å². The number of aromatic amines is 1. The van der Waals surface area contributed by atoms with E-state index in [0.29, 0.717) is 25.5 Å². The minimum absolute atomic E-state index is 0.202. The summed E-state index contributed by atoms with van der Waals surface area (Å²) in [4.78, 5) is 17.9. The highest BCUT2D eigenvalue weighted by Gasteiger charge is 2.25. The molecule has 0 aliphatic heterocycles. The number of thiocarbonyl (C=S) groups is 1. The monoisotopic (exact) mass is 519 g/mol. The summed E-state index contributed by atoms with van der Waals surface area (Å²) in [5, 5.41) is 15.3. The number of carbonyl (C=O) groups excluding carboxylic acids is 1. The fourth-order valence-corrected chi connectivity index (χ4v) is 3.90. The van der Waals surface area contributed by atoms with Crippen molar-refractivity contribution < 1.29 is 19.1 Å². The molecule has 36 heavy (non-hydrogen) atoms. The predicted octanol–water partition coefficient (Wildman–Crippen LogP) is 4.68. The Balaban J connectivity index is 2.18. The molecule has 1 heterocycles. The topological polar surface area (TPSA) is 101 Å². The summed E-state index contributed by atoms with van der Waals surface area (Å²) < 4.78 is 11.2. The highest BCUT2D eigenvalue weighted by molar-refractivity contribution is 7.80. The summed E-state index contributed by atoms with van der Waals surface area (Å²) in [6, 6.07) is 6.36. The van der Waals surface area contributed by atoms with E-state index >= 15 is 0 Å². The molecule has 200 valence electrons. The van der Waals surface area contributed by atoms with Gasteiger partial charge in [0, 0.05) is 30.8 Å². The van der Waals surface area contributed by atoms with Crippen molar-refractivity contribution in [2.24, 2.45) is 0 Å². The molecular formula is C26H41N5O4S. The number of H-pyrrole nitrogens is 1. The van der Waals surface area contributed by atoms with Gasteiger partial charge in [-0.3, -0.25) is 15.3 Å². The van der Waals surface area contributed by atoms with Crippen molar-refractivity contribution in [2.75, 3.05) is 26.2 Å². The summed E-state index contributed by atoms with van der Waals surface area (Å²) in [5.41, 5.74) is 4.62. The Morgan fingerprint density at radius 2 is 1.81 bits per heavy atom. The average molecular weight is 520 g/mol. The van der Waals surface area contributed by atoms with E-state index in [4.69, 9.17) is 26.5 Å². The molecule has 1 aromatic carbocycles. The van der Waals surface area contributed by atoms with Crippen LogP contribution in [0.2, 0.25) is 0 Å². The summed E-state index contributed by atoms with van der Waals surface area (Å²) in [5.74, 6) is 0.514. The second-order valence-corrected chi connectivity index (χ2v) is 10.0. The quantitative estimate of drug-likeness (QED) is 0.275.